The third-order valence-corrected chi connectivity index (χ3v) is 3.85. The van der Waals surface area contributed by atoms with Crippen LogP contribution in [0.15, 0.2) is 12.1 Å². The normalized spacial score (nSPS) is 19.9. The average Bonchev–Trinajstić information content (AvgIpc) is 2.95. The molecule has 96 valence electrons. The highest BCUT2D eigenvalue weighted by atomic mass is 32.1. The quantitative estimate of drug-likeness (QED) is 0.759. The summed E-state index contributed by atoms with van der Waals surface area (Å²) in [6, 6.07) is 4.34. The maximum Gasteiger partial charge on any atom is 0.0809 e. The van der Waals surface area contributed by atoms with E-state index in [1.165, 1.54) is 16.2 Å². The van der Waals surface area contributed by atoms with Gasteiger partial charge in [0, 0.05) is 29.5 Å². The van der Waals surface area contributed by atoms with E-state index in [1.807, 2.05) is 11.3 Å². The highest BCUT2D eigenvalue weighted by Gasteiger charge is 2.14. The first-order valence-electron chi connectivity index (χ1n) is 6.30. The molecular weight excluding hydrogens is 234 g/mol. The van der Waals surface area contributed by atoms with E-state index in [0.29, 0.717) is 6.10 Å². The van der Waals surface area contributed by atoms with E-state index in [0.717, 1.165) is 39.3 Å². The molecule has 1 unspecified atom stereocenters. The smallest absolute Gasteiger partial charge is 0.0809 e. The van der Waals surface area contributed by atoms with Crippen molar-refractivity contribution in [1.29, 1.82) is 0 Å². The highest BCUT2D eigenvalue weighted by molar-refractivity contribution is 7.11. The molecule has 1 N–H and O–H groups in total. The predicted octanol–water partition coefficient (Wildman–Crippen LogP) is 2.34. The van der Waals surface area contributed by atoms with Gasteiger partial charge >= 0.3 is 0 Å². The van der Waals surface area contributed by atoms with Gasteiger partial charge in [0.2, 0.25) is 0 Å². The summed E-state index contributed by atoms with van der Waals surface area (Å²) in [5, 5.41) is 3.38. The first-order valence-corrected chi connectivity index (χ1v) is 7.11. The second kappa shape index (κ2) is 7.11. The molecule has 17 heavy (non-hydrogen) atoms. The lowest BCUT2D eigenvalue weighted by atomic mass is 10.2. The topological polar surface area (TPSA) is 30.5 Å². The van der Waals surface area contributed by atoms with Crippen LogP contribution >= 0.6 is 11.3 Å². The summed E-state index contributed by atoms with van der Waals surface area (Å²) >= 11 is 1.85. The van der Waals surface area contributed by atoms with Crippen molar-refractivity contribution in [3.05, 3.63) is 21.9 Å². The van der Waals surface area contributed by atoms with E-state index < -0.39 is 0 Å². The van der Waals surface area contributed by atoms with Gasteiger partial charge in [-0.3, -0.25) is 0 Å². The largest absolute Gasteiger partial charge is 0.377 e. The number of hydrogen-bond acceptors (Lipinski definition) is 4. The molecule has 0 spiro atoms. The van der Waals surface area contributed by atoms with E-state index in [9.17, 15) is 0 Å². The Morgan fingerprint density at radius 1 is 1.53 bits per heavy atom. The van der Waals surface area contributed by atoms with Crippen molar-refractivity contribution in [2.24, 2.45) is 0 Å². The molecule has 1 aromatic heterocycles. The fourth-order valence-corrected chi connectivity index (χ4v) is 2.79. The van der Waals surface area contributed by atoms with Gasteiger partial charge in [-0.25, -0.2) is 0 Å². The van der Waals surface area contributed by atoms with Crippen molar-refractivity contribution < 1.29 is 9.47 Å². The summed E-state index contributed by atoms with van der Waals surface area (Å²) in [6.45, 7) is 6.42. The number of nitrogens with one attached hydrogen (secondary N) is 1. The van der Waals surface area contributed by atoms with Gasteiger partial charge in [-0.2, -0.15) is 0 Å². The first kappa shape index (κ1) is 13.0. The Kier molecular flexibility index (Phi) is 5.45. The molecule has 1 aliphatic heterocycles. The molecule has 0 saturated carbocycles. The van der Waals surface area contributed by atoms with Crippen molar-refractivity contribution >= 4 is 11.3 Å². The maximum absolute atomic E-state index is 5.58. The second-order valence-electron chi connectivity index (χ2n) is 4.40. The number of rotatable bonds is 7. The van der Waals surface area contributed by atoms with Crippen LogP contribution in [0, 0.1) is 6.92 Å². The van der Waals surface area contributed by atoms with E-state index >= 15 is 0 Å². The molecule has 4 heteroatoms. The molecule has 1 aliphatic rings. The summed E-state index contributed by atoms with van der Waals surface area (Å²) in [5.74, 6) is 0. The van der Waals surface area contributed by atoms with Crippen molar-refractivity contribution in [3.8, 4) is 0 Å². The van der Waals surface area contributed by atoms with Gasteiger partial charge in [-0.15, -0.1) is 11.3 Å². The molecular formula is C13H21NO2S. The summed E-state index contributed by atoms with van der Waals surface area (Å²) in [5.41, 5.74) is 0. The fraction of sp³-hybridized carbons (Fsp3) is 0.692. The molecule has 1 fully saturated rings. The first-order chi connectivity index (χ1) is 8.34. The Morgan fingerprint density at radius 3 is 3.18 bits per heavy atom. The Hall–Kier alpha value is -0.420. The molecule has 0 radical (unpaired) electrons. The van der Waals surface area contributed by atoms with Gasteiger partial charge in [-0.05, 0) is 31.9 Å². The van der Waals surface area contributed by atoms with Crippen molar-refractivity contribution in [2.75, 3.05) is 26.4 Å². The lowest BCUT2D eigenvalue weighted by molar-refractivity contribution is 0.0183. The molecule has 0 amide bonds. The standard InChI is InChI=1S/C13H21NO2S/c1-11-4-5-13(17-11)9-14-6-8-15-10-12-3-2-7-16-12/h4-5,12,14H,2-3,6-10H2,1H3. The zero-order chi connectivity index (χ0) is 11.9. The van der Waals surface area contributed by atoms with Gasteiger partial charge in [0.15, 0.2) is 0 Å². The van der Waals surface area contributed by atoms with E-state index in [-0.39, 0.29) is 0 Å². The zero-order valence-electron chi connectivity index (χ0n) is 10.4. The average molecular weight is 255 g/mol. The van der Waals surface area contributed by atoms with Gasteiger partial charge in [-0.1, -0.05) is 0 Å². The van der Waals surface area contributed by atoms with Crippen LogP contribution in [0.3, 0.4) is 0 Å². The molecule has 1 atom stereocenters. The predicted molar refractivity (Wildman–Crippen MR) is 70.6 cm³/mol. The van der Waals surface area contributed by atoms with Crippen LogP contribution in [0.5, 0.6) is 0 Å². The summed E-state index contributed by atoms with van der Waals surface area (Å²) in [4.78, 5) is 2.76. The van der Waals surface area contributed by atoms with E-state index in [2.05, 4.69) is 24.4 Å². The summed E-state index contributed by atoms with van der Waals surface area (Å²) in [6.07, 6.45) is 2.68. The molecule has 1 saturated heterocycles. The van der Waals surface area contributed by atoms with Crippen LogP contribution in [0.1, 0.15) is 22.6 Å². The highest BCUT2D eigenvalue weighted by Crippen LogP contribution is 2.14. The molecule has 3 nitrogen and oxygen atoms in total. The fourth-order valence-electron chi connectivity index (χ4n) is 1.93. The summed E-state index contributed by atoms with van der Waals surface area (Å²) in [7, 11) is 0. The lowest BCUT2D eigenvalue weighted by Crippen LogP contribution is -2.22. The monoisotopic (exact) mass is 255 g/mol. The van der Waals surface area contributed by atoms with Crippen LogP contribution in [-0.2, 0) is 16.0 Å². The van der Waals surface area contributed by atoms with E-state index in [1.54, 1.807) is 0 Å². The second-order valence-corrected chi connectivity index (χ2v) is 5.77. The van der Waals surface area contributed by atoms with Crippen molar-refractivity contribution in [3.63, 3.8) is 0 Å². The minimum Gasteiger partial charge on any atom is -0.377 e. The van der Waals surface area contributed by atoms with Crippen LogP contribution in [0.2, 0.25) is 0 Å². The number of thiophene rings is 1. The van der Waals surface area contributed by atoms with Crippen molar-refractivity contribution in [2.45, 2.75) is 32.4 Å². The van der Waals surface area contributed by atoms with Crippen LogP contribution < -0.4 is 5.32 Å². The Morgan fingerprint density at radius 2 is 2.47 bits per heavy atom. The lowest BCUT2D eigenvalue weighted by Gasteiger charge is -2.10. The number of aryl methyl sites for hydroxylation is 1. The molecule has 0 aliphatic carbocycles. The molecule has 2 heterocycles. The van der Waals surface area contributed by atoms with E-state index in [4.69, 9.17) is 9.47 Å². The van der Waals surface area contributed by atoms with Gasteiger partial charge in [0.25, 0.3) is 0 Å². The van der Waals surface area contributed by atoms with Gasteiger partial charge in [0.05, 0.1) is 19.3 Å². The molecule has 0 bridgehead atoms. The van der Waals surface area contributed by atoms with Gasteiger partial charge < -0.3 is 14.8 Å². The Balaban J connectivity index is 1.46. The third-order valence-electron chi connectivity index (χ3n) is 2.85. The van der Waals surface area contributed by atoms with Crippen LogP contribution in [0.4, 0.5) is 0 Å². The summed E-state index contributed by atoms with van der Waals surface area (Å²) < 4.78 is 11.1. The molecule has 0 aromatic carbocycles. The SMILES string of the molecule is Cc1ccc(CNCCOCC2CCCO2)s1. The molecule has 2 rings (SSSR count). The maximum atomic E-state index is 5.58. The van der Waals surface area contributed by atoms with Crippen molar-refractivity contribution in [1.82, 2.24) is 5.32 Å². The third kappa shape index (κ3) is 4.76. The van der Waals surface area contributed by atoms with Crippen LogP contribution in [0.25, 0.3) is 0 Å². The number of hydrogen-bond donors (Lipinski definition) is 1. The Labute approximate surface area is 107 Å². The minimum atomic E-state index is 0.343. The Bertz CT molecular complexity index is 321. The minimum absolute atomic E-state index is 0.343. The molecule has 1 aromatic rings. The number of ether oxygens (including phenoxy) is 2. The van der Waals surface area contributed by atoms with Gasteiger partial charge in [0.1, 0.15) is 0 Å². The zero-order valence-corrected chi connectivity index (χ0v) is 11.2. The van der Waals surface area contributed by atoms with Crippen LogP contribution in [-0.4, -0.2) is 32.5 Å².